The molecule has 0 heterocycles. The Hall–Kier alpha value is -1.35. The Kier molecular flexibility index (Phi) is 4.37. The summed E-state index contributed by atoms with van der Waals surface area (Å²) < 4.78 is 12.9. The summed E-state index contributed by atoms with van der Waals surface area (Å²) in [6, 6.07) is 4.67. The van der Waals surface area contributed by atoms with Crippen molar-refractivity contribution in [1.29, 1.82) is 0 Å². The van der Waals surface area contributed by atoms with Gasteiger partial charge in [0.1, 0.15) is 5.82 Å². The van der Waals surface area contributed by atoms with E-state index in [2.05, 4.69) is 5.32 Å². The monoisotopic (exact) mass is 267 g/mol. The molecule has 0 radical (unpaired) electrons. The van der Waals surface area contributed by atoms with Crippen molar-refractivity contribution < 1.29 is 9.18 Å². The van der Waals surface area contributed by atoms with E-state index in [1.54, 1.807) is 12.1 Å². The summed E-state index contributed by atoms with van der Waals surface area (Å²) in [5.41, 5.74) is 0.711. The van der Waals surface area contributed by atoms with Crippen LogP contribution < -0.4 is 5.32 Å². The fraction of sp³-hybridized carbons (Fsp3) is 0.357. The maximum atomic E-state index is 12.9. The van der Waals surface area contributed by atoms with Crippen LogP contribution in [0, 0.1) is 5.82 Å². The summed E-state index contributed by atoms with van der Waals surface area (Å²) in [5, 5.41) is 3.01. The number of carbonyl (C=O) groups is 1. The van der Waals surface area contributed by atoms with Crippen LogP contribution >= 0.6 is 11.6 Å². The molecule has 2 nitrogen and oxygen atoms in total. The normalized spacial score (nSPS) is 16.3. The van der Waals surface area contributed by atoms with Crippen molar-refractivity contribution >= 4 is 23.6 Å². The van der Waals surface area contributed by atoms with E-state index >= 15 is 0 Å². The largest absolute Gasteiger partial charge is 0.350 e. The molecule has 1 fully saturated rings. The quantitative estimate of drug-likeness (QED) is 0.834. The van der Waals surface area contributed by atoms with E-state index in [0.717, 1.165) is 12.8 Å². The lowest BCUT2D eigenvalue weighted by Gasteiger charge is -2.09. The molecule has 1 aromatic carbocycles. The fourth-order valence-corrected chi connectivity index (χ4v) is 2.30. The van der Waals surface area contributed by atoms with Crippen molar-refractivity contribution in [2.45, 2.75) is 31.7 Å². The van der Waals surface area contributed by atoms with Gasteiger partial charge in [0.15, 0.2) is 0 Å². The van der Waals surface area contributed by atoms with Crippen LogP contribution in [0.25, 0.3) is 6.08 Å². The van der Waals surface area contributed by atoms with Gasteiger partial charge < -0.3 is 5.32 Å². The average Bonchev–Trinajstić information content (AvgIpc) is 2.83. The van der Waals surface area contributed by atoms with Gasteiger partial charge in [0.05, 0.1) is 5.02 Å². The number of hydrogen-bond donors (Lipinski definition) is 1. The van der Waals surface area contributed by atoms with Crippen molar-refractivity contribution in [3.63, 3.8) is 0 Å². The summed E-state index contributed by atoms with van der Waals surface area (Å²) in [4.78, 5) is 11.6. The molecule has 1 aromatic rings. The fourth-order valence-electron chi connectivity index (χ4n) is 2.11. The number of carbonyl (C=O) groups excluding carboxylic acids is 1. The third-order valence-electron chi connectivity index (χ3n) is 3.07. The molecule has 4 heteroatoms. The molecule has 1 N–H and O–H groups in total. The summed E-state index contributed by atoms with van der Waals surface area (Å²) in [7, 11) is 0. The van der Waals surface area contributed by atoms with Crippen LogP contribution in [-0.2, 0) is 4.79 Å². The van der Waals surface area contributed by atoms with Crippen LogP contribution in [0.15, 0.2) is 24.3 Å². The molecule has 1 saturated carbocycles. The Morgan fingerprint density at radius 1 is 1.39 bits per heavy atom. The Morgan fingerprint density at radius 3 is 2.78 bits per heavy atom. The molecule has 0 unspecified atom stereocenters. The van der Waals surface area contributed by atoms with Crippen molar-refractivity contribution in [2.75, 3.05) is 0 Å². The van der Waals surface area contributed by atoms with Gasteiger partial charge in [0.25, 0.3) is 0 Å². The lowest BCUT2D eigenvalue weighted by Crippen LogP contribution is -2.30. The second kappa shape index (κ2) is 6.01. The van der Waals surface area contributed by atoms with Crippen LogP contribution in [0.5, 0.6) is 0 Å². The van der Waals surface area contributed by atoms with E-state index in [0.29, 0.717) is 11.6 Å². The van der Waals surface area contributed by atoms with Crippen LogP contribution in [-0.4, -0.2) is 11.9 Å². The zero-order chi connectivity index (χ0) is 13.0. The van der Waals surface area contributed by atoms with Gasteiger partial charge in [0.2, 0.25) is 5.91 Å². The third-order valence-corrected chi connectivity index (χ3v) is 3.36. The molecule has 96 valence electrons. The predicted octanol–water partition coefficient (Wildman–Crippen LogP) is 3.55. The number of halogens is 2. The topological polar surface area (TPSA) is 29.1 Å². The van der Waals surface area contributed by atoms with Crippen LogP contribution in [0.4, 0.5) is 4.39 Å². The number of benzene rings is 1. The van der Waals surface area contributed by atoms with Gasteiger partial charge in [-0.05, 0) is 36.6 Å². The Balaban J connectivity index is 1.92. The van der Waals surface area contributed by atoms with Gasteiger partial charge >= 0.3 is 0 Å². The van der Waals surface area contributed by atoms with Crippen molar-refractivity contribution in [3.8, 4) is 0 Å². The predicted molar refractivity (Wildman–Crippen MR) is 70.8 cm³/mol. The van der Waals surface area contributed by atoms with Crippen LogP contribution in [0.1, 0.15) is 31.2 Å². The molecule has 0 bridgehead atoms. The summed E-state index contributed by atoms with van der Waals surface area (Å²) in [6.07, 6.45) is 7.58. The lowest BCUT2D eigenvalue weighted by atomic mass is 10.2. The van der Waals surface area contributed by atoms with Crippen molar-refractivity contribution in [2.24, 2.45) is 0 Å². The van der Waals surface area contributed by atoms with Crippen molar-refractivity contribution in [1.82, 2.24) is 5.32 Å². The first-order valence-corrected chi connectivity index (χ1v) is 6.46. The highest BCUT2D eigenvalue weighted by Crippen LogP contribution is 2.18. The summed E-state index contributed by atoms with van der Waals surface area (Å²) >= 11 is 5.66. The first-order valence-electron chi connectivity index (χ1n) is 6.09. The highest BCUT2D eigenvalue weighted by molar-refractivity contribution is 6.30. The lowest BCUT2D eigenvalue weighted by molar-refractivity contribution is -0.117. The molecule has 0 saturated heterocycles. The van der Waals surface area contributed by atoms with Gasteiger partial charge in [0, 0.05) is 12.1 Å². The third kappa shape index (κ3) is 3.57. The standard InChI is InChI=1S/C14H15ClFNO/c15-12-9-10(5-7-13(12)16)6-8-14(18)17-11-3-1-2-4-11/h5-9,11H,1-4H2,(H,17,18). The molecule has 2 rings (SSSR count). The molecule has 0 atom stereocenters. The number of hydrogen-bond acceptors (Lipinski definition) is 1. The van der Waals surface area contributed by atoms with E-state index < -0.39 is 5.82 Å². The minimum Gasteiger partial charge on any atom is -0.350 e. The number of amides is 1. The van der Waals surface area contributed by atoms with Gasteiger partial charge in [-0.2, -0.15) is 0 Å². The second-order valence-electron chi connectivity index (χ2n) is 4.50. The van der Waals surface area contributed by atoms with E-state index in [1.807, 2.05) is 0 Å². The van der Waals surface area contributed by atoms with Gasteiger partial charge in [-0.15, -0.1) is 0 Å². The SMILES string of the molecule is O=C(C=Cc1ccc(F)c(Cl)c1)NC1CCCC1. The Labute approximate surface area is 111 Å². The van der Waals surface area contributed by atoms with Crippen LogP contribution in [0.2, 0.25) is 5.02 Å². The maximum absolute atomic E-state index is 12.9. The Morgan fingerprint density at radius 2 is 2.11 bits per heavy atom. The molecule has 1 aliphatic carbocycles. The molecule has 1 amide bonds. The van der Waals surface area contributed by atoms with E-state index in [1.165, 1.54) is 31.1 Å². The minimum absolute atomic E-state index is 0.0633. The van der Waals surface area contributed by atoms with Gasteiger partial charge in [-0.3, -0.25) is 4.79 Å². The zero-order valence-electron chi connectivity index (χ0n) is 9.96. The smallest absolute Gasteiger partial charge is 0.244 e. The van der Waals surface area contributed by atoms with Crippen LogP contribution in [0.3, 0.4) is 0 Å². The molecular formula is C14H15ClFNO. The van der Waals surface area contributed by atoms with E-state index in [4.69, 9.17) is 11.6 Å². The zero-order valence-corrected chi connectivity index (χ0v) is 10.7. The first-order chi connectivity index (χ1) is 8.65. The molecule has 18 heavy (non-hydrogen) atoms. The van der Waals surface area contributed by atoms with E-state index in [9.17, 15) is 9.18 Å². The summed E-state index contributed by atoms with van der Waals surface area (Å²) in [5.74, 6) is -0.563. The van der Waals surface area contributed by atoms with E-state index in [-0.39, 0.29) is 10.9 Å². The summed E-state index contributed by atoms with van der Waals surface area (Å²) in [6.45, 7) is 0. The maximum Gasteiger partial charge on any atom is 0.244 e. The minimum atomic E-state index is -0.454. The number of rotatable bonds is 3. The second-order valence-corrected chi connectivity index (χ2v) is 4.90. The highest BCUT2D eigenvalue weighted by atomic mass is 35.5. The Bertz CT molecular complexity index is 467. The molecule has 0 aromatic heterocycles. The average molecular weight is 268 g/mol. The highest BCUT2D eigenvalue weighted by Gasteiger charge is 2.15. The molecule has 1 aliphatic rings. The molecular weight excluding hydrogens is 253 g/mol. The van der Waals surface area contributed by atoms with Gasteiger partial charge in [-0.1, -0.05) is 30.5 Å². The van der Waals surface area contributed by atoms with Gasteiger partial charge in [-0.25, -0.2) is 4.39 Å². The van der Waals surface area contributed by atoms with Crippen molar-refractivity contribution in [3.05, 3.63) is 40.7 Å². The molecule has 0 aliphatic heterocycles. The number of nitrogens with one attached hydrogen (secondary N) is 1. The first kappa shape index (κ1) is 13.1. The molecule has 0 spiro atoms.